The van der Waals surface area contributed by atoms with Crippen molar-refractivity contribution in [1.29, 1.82) is 0 Å². The summed E-state index contributed by atoms with van der Waals surface area (Å²) in [4.78, 5) is 21.5. The number of ether oxygens (including phenoxy) is 1. The fourth-order valence-electron chi connectivity index (χ4n) is 2.53. The zero-order valence-electron chi connectivity index (χ0n) is 12.1. The number of nitrogens with zero attached hydrogens (tertiary/aromatic N) is 3. The van der Waals surface area contributed by atoms with Crippen LogP contribution < -0.4 is 0 Å². The fraction of sp³-hybridized carbons (Fsp3) is 0.312. The van der Waals surface area contributed by atoms with Gasteiger partial charge in [0.1, 0.15) is 5.69 Å². The average molecular weight is 299 g/mol. The molecule has 0 amide bonds. The molecule has 1 fully saturated rings. The van der Waals surface area contributed by atoms with Crippen LogP contribution in [0.25, 0.3) is 0 Å². The molecule has 114 valence electrons. The molecule has 1 atom stereocenters. The minimum Gasteiger partial charge on any atom is -0.477 e. The van der Waals surface area contributed by atoms with Gasteiger partial charge in [-0.2, -0.15) is 0 Å². The molecule has 6 heteroatoms. The molecular weight excluding hydrogens is 282 g/mol. The van der Waals surface area contributed by atoms with Gasteiger partial charge in [-0.05, 0) is 18.2 Å². The van der Waals surface area contributed by atoms with Crippen LogP contribution in [0.1, 0.15) is 27.8 Å². The molecule has 6 nitrogen and oxygen atoms in total. The summed E-state index contributed by atoms with van der Waals surface area (Å²) in [5, 5.41) is 9.00. The first-order valence-electron chi connectivity index (χ1n) is 7.15. The molecular formula is C16H17N3O3. The molecule has 22 heavy (non-hydrogen) atoms. The highest BCUT2D eigenvalue weighted by Gasteiger charge is 2.22. The Hall–Kier alpha value is -2.31. The molecule has 0 bridgehead atoms. The lowest BCUT2D eigenvalue weighted by atomic mass is 10.1. The molecule has 3 rings (SSSR count). The number of morpholine rings is 1. The van der Waals surface area contributed by atoms with E-state index in [1.807, 2.05) is 24.4 Å². The highest BCUT2D eigenvalue weighted by molar-refractivity contribution is 5.85. The van der Waals surface area contributed by atoms with Gasteiger partial charge in [0.05, 0.1) is 18.4 Å². The molecule has 0 aromatic carbocycles. The Morgan fingerprint density at radius 1 is 1.36 bits per heavy atom. The molecule has 0 spiro atoms. The van der Waals surface area contributed by atoms with Crippen molar-refractivity contribution in [3.8, 4) is 0 Å². The van der Waals surface area contributed by atoms with Crippen LogP contribution in [0.3, 0.4) is 0 Å². The number of rotatable bonds is 4. The molecule has 1 aliphatic heterocycles. The Morgan fingerprint density at radius 2 is 2.27 bits per heavy atom. The number of hydrogen-bond acceptors (Lipinski definition) is 5. The molecule has 0 aliphatic carbocycles. The van der Waals surface area contributed by atoms with Gasteiger partial charge in [0.15, 0.2) is 0 Å². The van der Waals surface area contributed by atoms with Crippen molar-refractivity contribution in [2.24, 2.45) is 0 Å². The van der Waals surface area contributed by atoms with Crippen molar-refractivity contribution in [2.45, 2.75) is 12.6 Å². The second kappa shape index (κ2) is 6.64. The van der Waals surface area contributed by atoms with Crippen molar-refractivity contribution in [1.82, 2.24) is 14.9 Å². The Balaban J connectivity index is 1.68. The third kappa shape index (κ3) is 3.47. The number of carbonyl (C=O) groups is 1. The van der Waals surface area contributed by atoms with Crippen molar-refractivity contribution >= 4 is 5.97 Å². The van der Waals surface area contributed by atoms with Crippen LogP contribution in [0.2, 0.25) is 0 Å². The lowest BCUT2D eigenvalue weighted by molar-refractivity contribution is -0.0334. The van der Waals surface area contributed by atoms with Gasteiger partial charge in [0.2, 0.25) is 0 Å². The Morgan fingerprint density at radius 3 is 3.05 bits per heavy atom. The topological polar surface area (TPSA) is 75.5 Å². The average Bonchev–Trinajstić information content (AvgIpc) is 2.56. The monoisotopic (exact) mass is 299 g/mol. The van der Waals surface area contributed by atoms with E-state index in [-0.39, 0.29) is 11.8 Å². The summed E-state index contributed by atoms with van der Waals surface area (Å²) < 4.78 is 5.80. The maximum Gasteiger partial charge on any atom is 0.354 e. The summed E-state index contributed by atoms with van der Waals surface area (Å²) in [5.41, 5.74) is 1.89. The number of hydrogen-bond donors (Lipinski definition) is 1. The minimum atomic E-state index is -1.00. The standard InChI is InChI=1S/C16H17N3O3/c20-16(21)14-5-1-4-13(18-14)10-19-7-8-22-15(11-19)12-3-2-6-17-9-12/h1-6,9,15H,7-8,10-11H2,(H,20,21)/t15-/m0/s1. The van der Waals surface area contributed by atoms with E-state index in [9.17, 15) is 4.79 Å². The van der Waals surface area contributed by atoms with Gasteiger partial charge in [-0.25, -0.2) is 9.78 Å². The van der Waals surface area contributed by atoms with Gasteiger partial charge >= 0.3 is 5.97 Å². The Labute approximate surface area is 128 Å². The molecule has 1 saturated heterocycles. The second-order valence-electron chi connectivity index (χ2n) is 5.20. The van der Waals surface area contributed by atoms with Crippen molar-refractivity contribution < 1.29 is 14.6 Å². The molecule has 0 saturated carbocycles. The van der Waals surface area contributed by atoms with E-state index in [0.717, 1.165) is 24.3 Å². The Bertz CT molecular complexity index is 648. The van der Waals surface area contributed by atoms with E-state index in [1.165, 1.54) is 6.07 Å². The van der Waals surface area contributed by atoms with E-state index in [2.05, 4.69) is 14.9 Å². The number of aromatic carboxylic acids is 1. The Kier molecular flexibility index (Phi) is 4.41. The third-order valence-corrected chi connectivity index (χ3v) is 3.62. The van der Waals surface area contributed by atoms with Crippen LogP contribution in [0.5, 0.6) is 0 Å². The zero-order chi connectivity index (χ0) is 15.4. The van der Waals surface area contributed by atoms with Gasteiger partial charge in [0, 0.05) is 37.6 Å². The van der Waals surface area contributed by atoms with Crippen LogP contribution in [-0.4, -0.2) is 45.6 Å². The van der Waals surface area contributed by atoms with Gasteiger partial charge in [-0.15, -0.1) is 0 Å². The number of aromatic nitrogens is 2. The van der Waals surface area contributed by atoms with Gasteiger partial charge in [0.25, 0.3) is 0 Å². The third-order valence-electron chi connectivity index (χ3n) is 3.62. The predicted octanol–water partition coefficient (Wildman–Crippen LogP) is 1.75. The summed E-state index contributed by atoms with van der Waals surface area (Å²) in [5.74, 6) is -1.00. The molecule has 0 radical (unpaired) electrons. The fourth-order valence-corrected chi connectivity index (χ4v) is 2.53. The summed E-state index contributed by atoms with van der Waals surface area (Å²) in [6.07, 6.45) is 3.55. The quantitative estimate of drug-likeness (QED) is 0.927. The summed E-state index contributed by atoms with van der Waals surface area (Å²) in [6.45, 7) is 2.79. The minimum absolute atomic E-state index is 0.00916. The number of carboxylic acid groups (broad SMARTS) is 1. The first kappa shape index (κ1) is 14.6. The lowest BCUT2D eigenvalue weighted by Crippen LogP contribution is -2.38. The summed E-state index contributed by atoms with van der Waals surface area (Å²) in [7, 11) is 0. The van der Waals surface area contributed by atoms with Crippen LogP contribution in [-0.2, 0) is 11.3 Å². The maximum atomic E-state index is 11.0. The first-order valence-corrected chi connectivity index (χ1v) is 7.15. The molecule has 1 N–H and O–H groups in total. The van der Waals surface area contributed by atoms with Crippen LogP contribution in [0, 0.1) is 0 Å². The van der Waals surface area contributed by atoms with Crippen LogP contribution in [0.4, 0.5) is 0 Å². The van der Waals surface area contributed by atoms with E-state index < -0.39 is 5.97 Å². The van der Waals surface area contributed by atoms with E-state index in [0.29, 0.717) is 13.2 Å². The summed E-state index contributed by atoms with van der Waals surface area (Å²) >= 11 is 0. The van der Waals surface area contributed by atoms with Crippen molar-refractivity contribution in [3.63, 3.8) is 0 Å². The number of pyridine rings is 2. The molecule has 0 unspecified atom stereocenters. The SMILES string of the molecule is O=C(O)c1cccc(CN2CCO[C@H](c3cccnc3)C2)n1. The maximum absolute atomic E-state index is 11.0. The largest absolute Gasteiger partial charge is 0.477 e. The van der Waals surface area contributed by atoms with E-state index in [4.69, 9.17) is 9.84 Å². The molecule has 2 aromatic heterocycles. The smallest absolute Gasteiger partial charge is 0.354 e. The first-order chi connectivity index (χ1) is 10.7. The summed E-state index contributed by atoms with van der Waals surface area (Å²) in [6, 6.07) is 8.98. The lowest BCUT2D eigenvalue weighted by Gasteiger charge is -2.32. The molecule has 2 aromatic rings. The molecule has 1 aliphatic rings. The van der Waals surface area contributed by atoms with E-state index >= 15 is 0 Å². The normalized spacial score (nSPS) is 19.0. The highest BCUT2D eigenvalue weighted by Crippen LogP contribution is 2.22. The predicted molar refractivity (Wildman–Crippen MR) is 79.4 cm³/mol. The van der Waals surface area contributed by atoms with E-state index in [1.54, 1.807) is 12.3 Å². The van der Waals surface area contributed by atoms with Gasteiger partial charge in [-0.3, -0.25) is 9.88 Å². The van der Waals surface area contributed by atoms with Crippen molar-refractivity contribution in [3.05, 3.63) is 59.7 Å². The van der Waals surface area contributed by atoms with Crippen LogP contribution >= 0.6 is 0 Å². The number of carboxylic acids is 1. The van der Waals surface area contributed by atoms with Gasteiger partial charge < -0.3 is 9.84 Å². The van der Waals surface area contributed by atoms with Gasteiger partial charge in [-0.1, -0.05) is 12.1 Å². The van der Waals surface area contributed by atoms with Crippen LogP contribution in [0.15, 0.2) is 42.7 Å². The molecule has 3 heterocycles. The second-order valence-corrected chi connectivity index (χ2v) is 5.20. The zero-order valence-corrected chi connectivity index (χ0v) is 12.1. The highest BCUT2D eigenvalue weighted by atomic mass is 16.5. The van der Waals surface area contributed by atoms with Crippen molar-refractivity contribution in [2.75, 3.05) is 19.7 Å².